The number of guanidine groups is 1. The van der Waals surface area contributed by atoms with Gasteiger partial charge in [0.25, 0.3) is 0 Å². The molecular weight excluding hydrogens is 330 g/mol. The van der Waals surface area contributed by atoms with E-state index < -0.39 is 9.84 Å². The van der Waals surface area contributed by atoms with Crippen LogP contribution < -0.4 is 10.6 Å². The topological polar surface area (TPSA) is 70.6 Å². The van der Waals surface area contributed by atoms with Gasteiger partial charge in [-0.05, 0) is 36.6 Å². The van der Waals surface area contributed by atoms with Crippen LogP contribution in [0.15, 0.2) is 22.5 Å². The fraction of sp³-hybridized carbons (Fsp3) is 0.688. The largest absolute Gasteiger partial charge is 0.356 e. The zero-order chi connectivity index (χ0) is 16.9. The number of nitrogens with zero attached hydrogens (tertiary/aromatic N) is 1. The van der Waals surface area contributed by atoms with Gasteiger partial charge in [0.1, 0.15) is 9.84 Å². The Kier molecular flexibility index (Phi) is 6.08. The molecule has 1 aromatic rings. The summed E-state index contributed by atoms with van der Waals surface area (Å²) in [5.41, 5.74) is -0.0895. The normalized spacial score (nSPS) is 18.5. The molecule has 23 heavy (non-hydrogen) atoms. The molecule has 0 aliphatic heterocycles. The minimum atomic E-state index is -2.93. The lowest BCUT2D eigenvalue weighted by molar-refractivity contribution is 0.521. The molecule has 130 valence electrons. The first-order valence-electron chi connectivity index (χ1n) is 7.96. The molecule has 1 saturated carbocycles. The Morgan fingerprint density at radius 1 is 1.43 bits per heavy atom. The van der Waals surface area contributed by atoms with Gasteiger partial charge in [0, 0.05) is 36.7 Å². The summed E-state index contributed by atoms with van der Waals surface area (Å²) in [6.45, 7) is 3.72. The summed E-state index contributed by atoms with van der Waals surface area (Å²) in [4.78, 5) is 5.63. The molecule has 0 aromatic carbocycles. The van der Waals surface area contributed by atoms with Crippen LogP contribution in [0.5, 0.6) is 0 Å². The Bertz CT molecular complexity index is 620. The highest BCUT2D eigenvalue weighted by atomic mass is 32.2. The van der Waals surface area contributed by atoms with Crippen molar-refractivity contribution in [1.29, 1.82) is 0 Å². The fourth-order valence-corrected chi connectivity index (χ4v) is 5.09. The average molecular weight is 358 g/mol. The highest BCUT2D eigenvalue weighted by Crippen LogP contribution is 2.45. The van der Waals surface area contributed by atoms with E-state index in [1.54, 1.807) is 18.4 Å². The van der Waals surface area contributed by atoms with E-state index in [0.717, 1.165) is 31.8 Å². The minimum absolute atomic E-state index is 0.0895. The summed E-state index contributed by atoms with van der Waals surface area (Å²) in [5, 5.41) is 8.73. The molecule has 1 atom stereocenters. The third-order valence-corrected chi connectivity index (χ3v) is 6.16. The molecule has 2 rings (SSSR count). The Labute approximate surface area is 143 Å². The Hall–Kier alpha value is -1.08. The average Bonchev–Trinajstić information content (AvgIpc) is 3.00. The second kappa shape index (κ2) is 7.66. The van der Waals surface area contributed by atoms with Gasteiger partial charge >= 0.3 is 0 Å². The van der Waals surface area contributed by atoms with Crippen LogP contribution >= 0.6 is 11.3 Å². The van der Waals surface area contributed by atoms with Gasteiger partial charge in [-0.1, -0.05) is 13.0 Å². The van der Waals surface area contributed by atoms with E-state index in [9.17, 15) is 8.42 Å². The molecule has 1 heterocycles. The summed E-state index contributed by atoms with van der Waals surface area (Å²) >= 11 is 1.79. The number of rotatable bonds is 8. The van der Waals surface area contributed by atoms with Crippen LogP contribution in [0.4, 0.5) is 0 Å². The molecule has 2 N–H and O–H groups in total. The quantitative estimate of drug-likeness (QED) is 0.551. The van der Waals surface area contributed by atoms with E-state index >= 15 is 0 Å². The molecule has 1 unspecified atom stereocenters. The van der Waals surface area contributed by atoms with Crippen LogP contribution in [0, 0.1) is 11.3 Å². The van der Waals surface area contributed by atoms with Crippen molar-refractivity contribution in [3.05, 3.63) is 22.4 Å². The van der Waals surface area contributed by atoms with E-state index in [1.807, 2.05) is 0 Å². The van der Waals surface area contributed by atoms with Crippen molar-refractivity contribution in [2.24, 2.45) is 16.3 Å². The number of thiophene rings is 1. The molecule has 0 bridgehead atoms. The van der Waals surface area contributed by atoms with Gasteiger partial charge in [-0.3, -0.25) is 4.99 Å². The van der Waals surface area contributed by atoms with Gasteiger partial charge in [0.2, 0.25) is 0 Å². The second-order valence-corrected chi connectivity index (χ2v) is 9.94. The number of hydrogen-bond donors (Lipinski definition) is 2. The Morgan fingerprint density at radius 3 is 2.70 bits per heavy atom. The monoisotopic (exact) mass is 357 g/mol. The highest BCUT2D eigenvalue weighted by molar-refractivity contribution is 7.90. The predicted octanol–water partition coefficient (Wildman–Crippen LogP) is 1.92. The molecule has 0 amide bonds. The van der Waals surface area contributed by atoms with Crippen molar-refractivity contribution in [3.8, 4) is 0 Å². The molecule has 0 radical (unpaired) electrons. The molecular formula is C16H27N3O2S2. The molecule has 1 aliphatic carbocycles. The van der Waals surface area contributed by atoms with Gasteiger partial charge in [-0.25, -0.2) is 8.42 Å². The lowest BCUT2D eigenvalue weighted by atomic mass is 10.1. The smallest absolute Gasteiger partial charge is 0.191 e. The van der Waals surface area contributed by atoms with Crippen molar-refractivity contribution in [2.75, 3.05) is 32.1 Å². The highest BCUT2D eigenvalue weighted by Gasteiger charge is 2.45. The molecule has 1 aromatic heterocycles. The van der Waals surface area contributed by atoms with Gasteiger partial charge in [-0.2, -0.15) is 0 Å². The van der Waals surface area contributed by atoms with Crippen molar-refractivity contribution >= 4 is 27.1 Å². The summed E-state index contributed by atoms with van der Waals surface area (Å²) in [6, 6.07) is 4.24. The third kappa shape index (κ3) is 6.51. The van der Waals surface area contributed by atoms with Crippen LogP contribution in [0.3, 0.4) is 0 Å². The van der Waals surface area contributed by atoms with Crippen molar-refractivity contribution in [2.45, 2.75) is 26.2 Å². The van der Waals surface area contributed by atoms with Gasteiger partial charge in [0.15, 0.2) is 5.96 Å². The second-order valence-electron chi connectivity index (χ2n) is 6.77. The lowest BCUT2D eigenvalue weighted by Crippen LogP contribution is -2.43. The van der Waals surface area contributed by atoms with Crippen LogP contribution in [0.2, 0.25) is 0 Å². The molecule has 0 saturated heterocycles. The third-order valence-electron chi connectivity index (χ3n) is 4.13. The zero-order valence-electron chi connectivity index (χ0n) is 14.1. The number of hydrogen-bond acceptors (Lipinski definition) is 4. The van der Waals surface area contributed by atoms with Crippen LogP contribution in [0.1, 0.15) is 24.6 Å². The van der Waals surface area contributed by atoms with Gasteiger partial charge < -0.3 is 10.6 Å². The van der Waals surface area contributed by atoms with Crippen LogP contribution in [0.25, 0.3) is 0 Å². The molecule has 5 nitrogen and oxygen atoms in total. The number of aliphatic imine (C=N–C) groups is 1. The first-order valence-corrected chi connectivity index (χ1v) is 10.9. The van der Waals surface area contributed by atoms with Gasteiger partial charge in [-0.15, -0.1) is 11.3 Å². The first kappa shape index (κ1) is 18.3. The standard InChI is InChI=1S/C16H27N3O2S2/c1-13(9-14-5-4-8-22-14)10-18-15(17-2)19-11-16(6-7-16)12-23(3,20)21/h4-5,8,13H,6-7,9-12H2,1-3H3,(H2,17,18,19). The Morgan fingerprint density at radius 2 is 2.17 bits per heavy atom. The SMILES string of the molecule is CN=C(NCC(C)Cc1cccs1)NCC1(CS(C)(=O)=O)CC1. The van der Waals surface area contributed by atoms with E-state index in [0.29, 0.717) is 12.5 Å². The van der Waals surface area contributed by atoms with Crippen molar-refractivity contribution < 1.29 is 8.42 Å². The van der Waals surface area contributed by atoms with E-state index in [4.69, 9.17) is 0 Å². The predicted molar refractivity (Wildman–Crippen MR) is 97.9 cm³/mol. The molecule has 1 fully saturated rings. The maximum absolute atomic E-state index is 11.5. The minimum Gasteiger partial charge on any atom is -0.356 e. The summed E-state index contributed by atoms with van der Waals surface area (Å²) in [6.07, 6.45) is 4.31. The van der Waals surface area contributed by atoms with Crippen molar-refractivity contribution in [3.63, 3.8) is 0 Å². The summed E-state index contributed by atoms with van der Waals surface area (Å²) in [7, 11) is -1.18. The summed E-state index contributed by atoms with van der Waals surface area (Å²) in [5.74, 6) is 1.53. The molecule has 0 spiro atoms. The van der Waals surface area contributed by atoms with Gasteiger partial charge in [0.05, 0.1) is 5.75 Å². The van der Waals surface area contributed by atoms with E-state index in [1.165, 1.54) is 11.1 Å². The fourth-order valence-electron chi connectivity index (χ4n) is 2.71. The van der Waals surface area contributed by atoms with E-state index in [2.05, 4.69) is 40.1 Å². The van der Waals surface area contributed by atoms with Crippen LogP contribution in [-0.4, -0.2) is 46.5 Å². The maximum atomic E-state index is 11.5. The Balaban J connectivity index is 1.73. The van der Waals surface area contributed by atoms with Crippen LogP contribution in [-0.2, 0) is 16.3 Å². The molecule has 7 heteroatoms. The first-order chi connectivity index (χ1) is 10.8. The lowest BCUT2D eigenvalue weighted by Gasteiger charge is -2.19. The van der Waals surface area contributed by atoms with Crippen molar-refractivity contribution in [1.82, 2.24) is 10.6 Å². The summed E-state index contributed by atoms with van der Waals surface area (Å²) < 4.78 is 23.0. The number of sulfone groups is 1. The zero-order valence-corrected chi connectivity index (χ0v) is 15.8. The number of nitrogens with one attached hydrogen (secondary N) is 2. The molecule has 1 aliphatic rings. The van der Waals surface area contributed by atoms with E-state index in [-0.39, 0.29) is 11.2 Å². The maximum Gasteiger partial charge on any atom is 0.191 e.